The highest BCUT2D eigenvalue weighted by atomic mass is 32.2. The molecule has 14 nitrogen and oxygen atoms in total. The van der Waals surface area contributed by atoms with E-state index in [0.29, 0.717) is 34.0 Å². The number of rotatable bonds is 13. The third-order valence-electron chi connectivity index (χ3n) is 9.66. The monoisotopic (exact) mass is 835 g/mol. The van der Waals surface area contributed by atoms with E-state index < -0.39 is 62.5 Å². The lowest BCUT2D eigenvalue weighted by atomic mass is 9.86. The summed E-state index contributed by atoms with van der Waals surface area (Å²) in [5.74, 6) is -0.875. The SMILES string of the molecule is COc1ccc2c(Oc3ccc([C@H](NC(=O)[C@@H](NC(=O)OC(C)(C)C)C(C)(C)C)C(=O)NC4(C(=O)NS(=O)(=O)c5ccccc5)CC4)cc3)cc(-c3ccccc3)nc2c1. The molecule has 1 aliphatic rings. The number of benzene rings is 4. The molecule has 0 radical (unpaired) electrons. The van der Waals surface area contributed by atoms with Crippen molar-refractivity contribution in [3.05, 3.63) is 115 Å². The van der Waals surface area contributed by atoms with Gasteiger partial charge in [0.25, 0.3) is 15.9 Å². The van der Waals surface area contributed by atoms with Crippen molar-refractivity contribution in [2.24, 2.45) is 5.41 Å². The van der Waals surface area contributed by atoms with Gasteiger partial charge in [0.2, 0.25) is 11.8 Å². The molecular weight excluding hydrogens is 787 g/mol. The molecule has 4 N–H and O–H groups in total. The number of hydrogen-bond acceptors (Lipinski definition) is 10. The van der Waals surface area contributed by atoms with E-state index in [0.717, 1.165) is 10.9 Å². The van der Waals surface area contributed by atoms with Crippen LogP contribution in [0.25, 0.3) is 22.2 Å². The molecule has 1 saturated carbocycles. The lowest BCUT2D eigenvalue weighted by molar-refractivity contribution is -0.133. The number of alkyl carbamates (subject to hydrolysis) is 1. The predicted molar refractivity (Wildman–Crippen MR) is 226 cm³/mol. The first-order valence-corrected chi connectivity index (χ1v) is 20.8. The third-order valence-corrected chi connectivity index (χ3v) is 11.0. The number of fused-ring (bicyclic) bond motifs is 1. The standard InChI is InChI=1S/C45H49N5O9S/c1-43(2,3)38(48-42(54)59-44(4,5)6)40(52)47-37(39(51)49-45(24-25-45)41(53)50-60(55,56)32-16-12-9-13-17-32)29-18-20-30(21-19-29)58-36-27-34(28-14-10-8-11-15-28)46-35-26-31(57-7)22-23-33(35)36/h8-23,26-27,37-38H,24-25H2,1-7H3,(H,47,52)(H,48,54)(H,49,51)(H,50,53)/t37-,38+/m0/s1. The molecule has 0 unspecified atom stereocenters. The van der Waals surface area contributed by atoms with Crippen molar-refractivity contribution < 1.29 is 41.8 Å². The molecule has 60 heavy (non-hydrogen) atoms. The number of ether oxygens (including phenoxy) is 3. The number of nitrogens with one attached hydrogen (secondary N) is 4. The first-order chi connectivity index (χ1) is 28.3. The maximum Gasteiger partial charge on any atom is 0.408 e. The molecule has 5 aromatic rings. The Labute approximate surface area is 349 Å². The molecule has 0 spiro atoms. The van der Waals surface area contributed by atoms with Crippen LogP contribution in [-0.2, 0) is 29.1 Å². The smallest absolute Gasteiger partial charge is 0.408 e. The predicted octanol–water partition coefficient (Wildman–Crippen LogP) is 6.95. The minimum atomic E-state index is -4.25. The van der Waals surface area contributed by atoms with Crippen molar-refractivity contribution in [3.8, 4) is 28.5 Å². The fourth-order valence-corrected chi connectivity index (χ4v) is 7.42. The van der Waals surface area contributed by atoms with Crippen molar-refractivity contribution in [2.45, 2.75) is 82.5 Å². The van der Waals surface area contributed by atoms with E-state index in [2.05, 4.69) is 20.7 Å². The van der Waals surface area contributed by atoms with Gasteiger partial charge in [-0.2, -0.15) is 0 Å². The summed E-state index contributed by atoms with van der Waals surface area (Å²) in [4.78, 5) is 59.5. The van der Waals surface area contributed by atoms with Crippen LogP contribution < -0.4 is 30.1 Å². The molecule has 0 aliphatic heterocycles. The third kappa shape index (κ3) is 10.4. The minimum Gasteiger partial charge on any atom is -0.497 e. The molecule has 1 aromatic heterocycles. The van der Waals surface area contributed by atoms with Gasteiger partial charge in [0.05, 0.1) is 23.2 Å². The summed E-state index contributed by atoms with van der Waals surface area (Å²) in [5.41, 5.74) is -0.748. The van der Waals surface area contributed by atoms with Gasteiger partial charge < -0.3 is 30.2 Å². The quantitative estimate of drug-likeness (QED) is 0.0965. The molecule has 1 heterocycles. The number of hydrogen-bond donors (Lipinski definition) is 4. The second kappa shape index (κ2) is 17.0. The highest BCUT2D eigenvalue weighted by molar-refractivity contribution is 7.90. The van der Waals surface area contributed by atoms with Crippen LogP contribution in [0.3, 0.4) is 0 Å². The van der Waals surface area contributed by atoms with Crippen LogP contribution >= 0.6 is 0 Å². The number of pyridine rings is 1. The first kappa shape index (κ1) is 43.1. The van der Waals surface area contributed by atoms with Gasteiger partial charge in [0.1, 0.15) is 40.5 Å². The summed E-state index contributed by atoms with van der Waals surface area (Å²) in [6, 6.07) is 28.2. The van der Waals surface area contributed by atoms with Gasteiger partial charge in [-0.25, -0.2) is 22.9 Å². The van der Waals surface area contributed by atoms with E-state index in [9.17, 15) is 27.6 Å². The fraction of sp³-hybridized carbons (Fsp3) is 0.311. The number of nitrogens with zero attached hydrogens (tertiary/aromatic N) is 1. The Morgan fingerprint density at radius 2 is 1.37 bits per heavy atom. The number of sulfonamides is 1. The Hall–Kier alpha value is -6.48. The normalized spacial score (nSPS) is 14.5. The van der Waals surface area contributed by atoms with E-state index in [1.165, 1.54) is 24.3 Å². The van der Waals surface area contributed by atoms with E-state index in [-0.39, 0.29) is 17.7 Å². The molecule has 0 saturated heterocycles. The second-order valence-corrected chi connectivity index (χ2v) is 18.3. The first-order valence-electron chi connectivity index (χ1n) is 19.3. The van der Waals surface area contributed by atoms with Gasteiger partial charge in [0, 0.05) is 23.1 Å². The summed E-state index contributed by atoms with van der Waals surface area (Å²) < 4.78 is 45.5. The van der Waals surface area contributed by atoms with Crippen LogP contribution in [0.1, 0.15) is 66.0 Å². The summed E-state index contributed by atoms with van der Waals surface area (Å²) in [6.07, 6.45) is -0.515. The molecule has 15 heteroatoms. The van der Waals surface area contributed by atoms with Crippen LogP contribution in [0.5, 0.6) is 17.2 Å². The van der Waals surface area contributed by atoms with Gasteiger partial charge in [-0.15, -0.1) is 0 Å². The number of methoxy groups -OCH3 is 1. The second-order valence-electron chi connectivity index (χ2n) is 16.6. The molecule has 4 amide bonds. The zero-order chi connectivity index (χ0) is 43.5. The Morgan fingerprint density at radius 1 is 0.750 bits per heavy atom. The van der Waals surface area contributed by atoms with E-state index in [1.54, 1.807) is 85.1 Å². The Morgan fingerprint density at radius 3 is 1.95 bits per heavy atom. The maximum atomic E-state index is 14.3. The van der Waals surface area contributed by atoms with Crippen molar-refractivity contribution in [3.63, 3.8) is 0 Å². The van der Waals surface area contributed by atoms with E-state index >= 15 is 0 Å². The number of carbonyl (C=O) groups is 4. The van der Waals surface area contributed by atoms with Crippen LogP contribution in [-0.4, -0.2) is 61.5 Å². The van der Waals surface area contributed by atoms with Crippen molar-refractivity contribution in [2.75, 3.05) is 7.11 Å². The summed E-state index contributed by atoms with van der Waals surface area (Å²) in [5, 5.41) is 8.83. The van der Waals surface area contributed by atoms with Gasteiger partial charge in [-0.05, 0) is 81.0 Å². The Kier molecular flexibility index (Phi) is 12.2. The maximum absolute atomic E-state index is 14.3. The molecular formula is C45H49N5O9S. The number of amides is 4. The lowest BCUT2D eigenvalue weighted by Gasteiger charge is -2.33. The molecule has 2 atom stereocenters. The zero-order valence-corrected chi connectivity index (χ0v) is 35.3. The molecule has 0 bridgehead atoms. The highest BCUT2D eigenvalue weighted by Crippen LogP contribution is 2.38. The van der Waals surface area contributed by atoms with Gasteiger partial charge >= 0.3 is 6.09 Å². The largest absolute Gasteiger partial charge is 0.497 e. The van der Waals surface area contributed by atoms with E-state index in [4.69, 9.17) is 19.2 Å². The van der Waals surface area contributed by atoms with Crippen LogP contribution in [0.15, 0.2) is 114 Å². The zero-order valence-electron chi connectivity index (χ0n) is 34.5. The molecule has 1 fully saturated rings. The summed E-state index contributed by atoms with van der Waals surface area (Å²) in [6.45, 7) is 10.3. The highest BCUT2D eigenvalue weighted by Gasteiger charge is 2.53. The molecule has 6 rings (SSSR count). The lowest BCUT2D eigenvalue weighted by Crippen LogP contribution is -2.57. The Balaban J connectivity index is 1.31. The van der Waals surface area contributed by atoms with Crippen molar-refractivity contribution >= 4 is 44.7 Å². The Bertz CT molecular complexity index is 2500. The number of aromatic nitrogens is 1. The van der Waals surface area contributed by atoms with Gasteiger partial charge in [0.15, 0.2) is 0 Å². The molecule has 1 aliphatic carbocycles. The van der Waals surface area contributed by atoms with Crippen molar-refractivity contribution in [1.82, 2.24) is 25.7 Å². The van der Waals surface area contributed by atoms with E-state index in [1.807, 2.05) is 48.5 Å². The fourth-order valence-electron chi connectivity index (χ4n) is 6.35. The van der Waals surface area contributed by atoms with Crippen LogP contribution in [0, 0.1) is 5.41 Å². The number of carbonyl (C=O) groups excluding carboxylic acids is 4. The average Bonchev–Trinajstić information content (AvgIpc) is 3.99. The van der Waals surface area contributed by atoms with Crippen molar-refractivity contribution in [1.29, 1.82) is 0 Å². The minimum absolute atomic E-state index is 0.116. The molecule has 314 valence electrons. The summed E-state index contributed by atoms with van der Waals surface area (Å²) >= 11 is 0. The molecule has 4 aromatic carbocycles. The average molecular weight is 836 g/mol. The van der Waals surface area contributed by atoms with Crippen LogP contribution in [0.2, 0.25) is 0 Å². The van der Waals surface area contributed by atoms with Gasteiger partial charge in [-0.3, -0.25) is 14.4 Å². The van der Waals surface area contributed by atoms with Crippen LogP contribution in [0.4, 0.5) is 4.79 Å². The topological polar surface area (TPSA) is 191 Å². The summed E-state index contributed by atoms with van der Waals surface area (Å²) in [7, 11) is -2.67. The van der Waals surface area contributed by atoms with Gasteiger partial charge in [-0.1, -0.05) is 81.4 Å².